The van der Waals surface area contributed by atoms with Gasteiger partial charge in [-0.15, -0.1) is 0 Å². The molecule has 0 saturated heterocycles. The van der Waals surface area contributed by atoms with Gasteiger partial charge in [-0.05, 0) is 161 Å². The highest BCUT2D eigenvalue weighted by Crippen LogP contribution is 2.35. The Labute approximate surface area is 412 Å². The number of rotatable bonds is 13. The molecular weight excluding hydrogens is 1090 g/mol. The number of pyridine rings is 2. The lowest BCUT2D eigenvalue weighted by Gasteiger charge is -2.20. The predicted molar refractivity (Wildman–Crippen MR) is 273 cm³/mol. The predicted octanol–water partition coefficient (Wildman–Crippen LogP) is 10.6. The van der Waals surface area contributed by atoms with Crippen LogP contribution in [0, 0.1) is 46.5 Å². The molecule has 0 aliphatic carbocycles. The number of aryl methyl sites for hydroxylation is 2. The first-order valence-corrected chi connectivity index (χ1v) is 22.6. The Balaban J connectivity index is 0.000000229. The van der Waals surface area contributed by atoms with Crippen LogP contribution in [0.4, 0.5) is 31.8 Å². The van der Waals surface area contributed by atoms with Crippen LogP contribution in [0.1, 0.15) is 48.5 Å². The van der Waals surface area contributed by atoms with Crippen LogP contribution in [0.15, 0.2) is 119 Å². The van der Waals surface area contributed by atoms with Crippen molar-refractivity contribution in [1.29, 1.82) is 0 Å². The number of nitrogens with zero attached hydrogens (tertiary/aromatic N) is 2. The number of aromatic nitrogens is 2. The Morgan fingerprint density at radius 2 is 1.07 bits per heavy atom. The molecule has 13 nitrogen and oxygen atoms in total. The van der Waals surface area contributed by atoms with E-state index in [-0.39, 0.29) is 52.2 Å². The van der Waals surface area contributed by atoms with Crippen LogP contribution in [0.5, 0.6) is 28.7 Å². The average Bonchev–Trinajstić information content (AvgIpc) is 3.28. The molecule has 0 bridgehead atoms. The number of carbonyl (C=O) groups excluding carboxylic acids is 2. The molecule has 5 aromatic carbocycles. The first-order chi connectivity index (χ1) is 31.9. The van der Waals surface area contributed by atoms with Gasteiger partial charge in [0.25, 0.3) is 22.9 Å². The van der Waals surface area contributed by atoms with Crippen LogP contribution in [-0.4, -0.2) is 28.1 Å². The van der Waals surface area contributed by atoms with E-state index in [1.807, 2.05) is 109 Å². The first kappa shape index (κ1) is 49.7. The molecule has 346 valence electrons. The van der Waals surface area contributed by atoms with Crippen LogP contribution in [0.2, 0.25) is 0 Å². The van der Waals surface area contributed by atoms with E-state index in [9.17, 15) is 28.0 Å². The van der Waals surface area contributed by atoms with E-state index in [2.05, 4.69) is 16.0 Å². The van der Waals surface area contributed by atoms with E-state index in [4.69, 9.17) is 19.9 Å². The van der Waals surface area contributed by atoms with Gasteiger partial charge in [0.05, 0.1) is 18.5 Å². The summed E-state index contributed by atoms with van der Waals surface area (Å²) >= 11 is 4.00. The van der Waals surface area contributed by atoms with E-state index in [0.717, 1.165) is 27.8 Å². The second kappa shape index (κ2) is 21.7. The van der Waals surface area contributed by atoms with Crippen molar-refractivity contribution >= 4 is 80.0 Å². The molecule has 0 fully saturated rings. The number of nitrogens with two attached hydrogens (primary N) is 1. The van der Waals surface area contributed by atoms with E-state index in [0.29, 0.717) is 24.4 Å². The molecule has 0 spiro atoms. The Hall–Kier alpha value is -6.74. The van der Waals surface area contributed by atoms with Crippen molar-refractivity contribution in [2.45, 2.75) is 34.2 Å². The van der Waals surface area contributed by atoms with Crippen molar-refractivity contribution in [2.24, 2.45) is 19.8 Å². The molecule has 17 heteroatoms. The van der Waals surface area contributed by atoms with Gasteiger partial charge >= 0.3 is 0 Å². The lowest BCUT2D eigenvalue weighted by Crippen LogP contribution is -2.29. The van der Waals surface area contributed by atoms with Gasteiger partial charge in [-0.25, -0.2) is 8.78 Å². The van der Waals surface area contributed by atoms with Crippen LogP contribution < -0.4 is 47.0 Å². The third-order valence-corrected chi connectivity index (χ3v) is 12.2. The number of halogens is 4. The number of carbonyl (C=O) groups is 2. The molecule has 0 unspecified atom stereocenters. The molecule has 0 aliphatic rings. The summed E-state index contributed by atoms with van der Waals surface area (Å²) < 4.78 is 50.2. The number of methoxy groups -OCH3 is 1. The number of ether oxygens (including phenoxy) is 3. The van der Waals surface area contributed by atoms with Crippen molar-refractivity contribution < 1.29 is 32.6 Å². The van der Waals surface area contributed by atoms with Gasteiger partial charge in [0, 0.05) is 39.9 Å². The largest absolute Gasteiger partial charge is 0.497 e. The Kier molecular flexibility index (Phi) is 16.1. The molecule has 2 amide bonds. The zero-order valence-electron chi connectivity index (χ0n) is 37.4. The Morgan fingerprint density at radius 3 is 1.51 bits per heavy atom. The van der Waals surface area contributed by atoms with Crippen molar-refractivity contribution in [2.75, 3.05) is 17.7 Å². The maximum absolute atomic E-state index is 14.8. The minimum Gasteiger partial charge on any atom is -0.497 e. The fraction of sp³-hybridized carbons (Fsp3) is 0.160. The number of primary amides is 1. The first-order valence-electron chi connectivity index (χ1n) is 20.5. The SMILES string of the molecule is COc1ccc(CNC(=O)c2c(Oc3cccc(C)c3C)cc(=O)n(C)c2Nc2ccc(I)cc2F)cc1.Cc1cccc(Oc2cc(=O)n(C)c(Nc3ccc(I)cc3F)c2C(N)=O)c1C. The van der Waals surface area contributed by atoms with Crippen molar-refractivity contribution in [1.82, 2.24) is 14.5 Å². The second-order valence-corrected chi connectivity index (χ2v) is 17.7. The highest BCUT2D eigenvalue weighted by atomic mass is 127. The Bertz CT molecular complexity index is 3140. The smallest absolute Gasteiger partial charge is 0.259 e. The van der Waals surface area contributed by atoms with Gasteiger partial charge < -0.3 is 35.9 Å². The monoisotopic (exact) mass is 1130 g/mol. The standard InChI is InChI=1S/C29H27FIN3O4.C21H19FIN3O3/c1-17-6-5-7-24(18(17)2)38-25-15-26(35)34(3)28(33-23-13-10-20(31)14-22(23)30)27(25)29(36)32-16-19-8-11-21(37-4)12-9-19;1-11-5-4-6-16(12(11)2)29-17-10-18(27)26(3)21(19(17)20(24)28)25-15-8-7-13(23)9-14(15)22/h5-15,33H,16H2,1-4H3,(H,32,36);4-10,25H,1-3H3,(H2,24,28). The number of hydrogen-bond acceptors (Lipinski definition) is 9. The van der Waals surface area contributed by atoms with Gasteiger partial charge in [0.1, 0.15) is 63.1 Å². The van der Waals surface area contributed by atoms with Gasteiger partial charge in [-0.3, -0.25) is 28.3 Å². The van der Waals surface area contributed by atoms with Gasteiger partial charge in [0.2, 0.25) is 0 Å². The molecule has 0 saturated carbocycles. The number of hydrogen-bond donors (Lipinski definition) is 4. The summed E-state index contributed by atoms with van der Waals surface area (Å²) in [5, 5.41) is 8.66. The molecule has 0 radical (unpaired) electrons. The zero-order valence-corrected chi connectivity index (χ0v) is 41.8. The Morgan fingerprint density at radius 1 is 0.627 bits per heavy atom. The summed E-state index contributed by atoms with van der Waals surface area (Å²) in [4.78, 5) is 51.4. The third kappa shape index (κ3) is 11.8. The quantitative estimate of drug-likeness (QED) is 0.0822. The zero-order chi connectivity index (χ0) is 48.7. The normalized spacial score (nSPS) is 10.7. The van der Waals surface area contributed by atoms with E-state index < -0.39 is 34.6 Å². The molecule has 0 aliphatic heterocycles. The third-order valence-electron chi connectivity index (χ3n) is 10.8. The molecule has 7 aromatic rings. The maximum Gasteiger partial charge on any atom is 0.259 e. The van der Waals surface area contributed by atoms with Crippen LogP contribution in [0.25, 0.3) is 0 Å². The fourth-order valence-corrected chi connectivity index (χ4v) is 7.53. The summed E-state index contributed by atoms with van der Waals surface area (Å²) in [5.74, 6) is -0.440. The van der Waals surface area contributed by atoms with Crippen molar-refractivity contribution in [3.05, 3.63) is 188 Å². The van der Waals surface area contributed by atoms with E-state index in [1.54, 1.807) is 49.6 Å². The van der Waals surface area contributed by atoms with E-state index >= 15 is 0 Å². The molecule has 7 rings (SSSR count). The van der Waals surface area contributed by atoms with Crippen LogP contribution >= 0.6 is 45.2 Å². The lowest BCUT2D eigenvalue weighted by molar-refractivity contribution is 0.0947. The van der Waals surface area contributed by atoms with Crippen LogP contribution in [-0.2, 0) is 20.6 Å². The topological polar surface area (TPSA) is 168 Å². The summed E-state index contributed by atoms with van der Waals surface area (Å²) in [5.41, 5.74) is 9.55. The summed E-state index contributed by atoms with van der Waals surface area (Å²) in [6.07, 6.45) is 0. The number of anilines is 4. The molecule has 5 N–H and O–H groups in total. The maximum atomic E-state index is 14.8. The van der Waals surface area contributed by atoms with Gasteiger partial charge in [-0.1, -0.05) is 36.4 Å². The van der Waals surface area contributed by atoms with E-state index in [1.165, 1.54) is 53.6 Å². The number of benzene rings is 5. The molecule has 0 atom stereocenters. The minimum absolute atomic E-state index is 0.00252. The summed E-state index contributed by atoms with van der Waals surface area (Å²) in [6.45, 7) is 7.85. The number of amides is 2. The molecule has 2 heterocycles. The summed E-state index contributed by atoms with van der Waals surface area (Å²) in [7, 11) is 4.56. The second-order valence-electron chi connectivity index (χ2n) is 15.3. The van der Waals surface area contributed by atoms with Crippen molar-refractivity contribution in [3.63, 3.8) is 0 Å². The number of nitrogens with one attached hydrogen (secondary N) is 3. The molecule has 2 aromatic heterocycles. The molecule has 67 heavy (non-hydrogen) atoms. The highest BCUT2D eigenvalue weighted by molar-refractivity contribution is 14.1. The minimum atomic E-state index is -0.811. The van der Waals surface area contributed by atoms with Gasteiger partial charge in [-0.2, -0.15) is 0 Å². The average molecular weight is 1130 g/mol. The lowest BCUT2D eigenvalue weighted by atomic mass is 10.1. The van der Waals surface area contributed by atoms with Crippen molar-refractivity contribution in [3.8, 4) is 28.7 Å². The van der Waals surface area contributed by atoms with Gasteiger partial charge in [0.15, 0.2) is 0 Å². The molecular formula is C50H46F2I2N6O7. The van der Waals surface area contributed by atoms with Crippen LogP contribution in [0.3, 0.4) is 0 Å². The highest BCUT2D eigenvalue weighted by Gasteiger charge is 2.25. The summed E-state index contributed by atoms with van der Waals surface area (Å²) in [6, 6.07) is 29.9. The fourth-order valence-electron chi connectivity index (χ4n) is 6.62.